The third kappa shape index (κ3) is 7.88. The van der Waals surface area contributed by atoms with Gasteiger partial charge in [-0.3, -0.25) is 0 Å². The largest absolute Gasteiger partial charge is 0.501 e. The number of pyridine rings is 2. The Labute approximate surface area is 344 Å². The van der Waals surface area contributed by atoms with Crippen molar-refractivity contribution in [3.63, 3.8) is 0 Å². The molecular weight excluding hydrogens is 865 g/mol. The second kappa shape index (κ2) is 16.1. The van der Waals surface area contributed by atoms with Crippen molar-refractivity contribution in [1.82, 2.24) is 9.97 Å². The van der Waals surface area contributed by atoms with Crippen molar-refractivity contribution < 1.29 is 30.0 Å². The van der Waals surface area contributed by atoms with Gasteiger partial charge in [-0.25, -0.2) is 0 Å². The molecule has 5 heteroatoms. The molecule has 0 amide bonds. The van der Waals surface area contributed by atoms with Crippen molar-refractivity contribution in [2.45, 2.75) is 39.3 Å². The van der Waals surface area contributed by atoms with Gasteiger partial charge in [0.15, 0.2) is 0 Å². The van der Waals surface area contributed by atoms with E-state index in [0.717, 1.165) is 55.6 Å². The van der Waals surface area contributed by atoms with Gasteiger partial charge < -0.3 is 14.4 Å². The minimum Gasteiger partial charge on any atom is -0.501 e. The molecule has 0 saturated carbocycles. The molecular formula is C50H42IrN2OSi-2. The van der Waals surface area contributed by atoms with Crippen molar-refractivity contribution >= 4 is 46.0 Å². The van der Waals surface area contributed by atoms with E-state index in [4.69, 9.17) is 9.90 Å². The van der Waals surface area contributed by atoms with Crippen LogP contribution in [0.1, 0.15) is 35.0 Å². The van der Waals surface area contributed by atoms with E-state index >= 15 is 0 Å². The number of nitrogens with zero attached hydrogens (tertiary/aromatic N) is 2. The van der Waals surface area contributed by atoms with Crippen LogP contribution in [0, 0.1) is 19.0 Å². The second-order valence-electron chi connectivity index (χ2n) is 14.5. The molecule has 0 spiro atoms. The molecule has 0 N–H and O–H groups in total. The van der Waals surface area contributed by atoms with E-state index in [2.05, 4.69) is 96.3 Å². The number of aromatic nitrogens is 2. The molecule has 0 aliphatic rings. The summed E-state index contributed by atoms with van der Waals surface area (Å²) in [6, 6.07) is 54.1. The van der Waals surface area contributed by atoms with Gasteiger partial charge in [0, 0.05) is 49.3 Å². The van der Waals surface area contributed by atoms with E-state index in [1.165, 1.54) is 27.1 Å². The summed E-state index contributed by atoms with van der Waals surface area (Å²) < 4.78 is 37.9. The van der Waals surface area contributed by atoms with Crippen molar-refractivity contribution in [3.8, 4) is 33.6 Å². The Hall–Kier alpha value is -5.45. The molecule has 0 bridgehead atoms. The van der Waals surface area contributed by atoms with Gasteiger partial charge in [-0.05, 0) is 61.7 Å². The minimum atomic E-state index is -2.11. The standard InChI is InChI=1S/C29H20NO.C21H22NSi.Ir/c1-19(20-8-3-2-4-9-20)22-16-17-30-26(18-22)24-12-7-13-25-28-23-11-6-5-10-21(23)14-15-27(28)31-29(24)25;1-16-10-12-18(13-11-16)20-14-19(17-8-6-5-7-9-17)21(15-22-20)23(2,3)4;/h2-11,13-19H,1H3;5-12,14-15H,1-4H3;/q2*-1;/i19D;1D3;. The van der Waals surface area contributed by atoms with E-state index in [1.54, 1.807) is 24.4 Å². The smallest absolute Gasteiger partial charge is 0.121 e. The summed E-state index contributed by atoms with van der Waals surface area (Å²) in [5, 5.41) is 5.83. The Morgan fingerprint density at radius 3 is 2.24 bits per heavy atom. The summed E-state index contributed by atoms with van der Waals surface area (Å²) in [4.78, 5) is 9.28. The summed E-state index contributed by atoms with van der Waals surface area (Å²) >= 11 is 0. The van der Waals surface area contributed by atoms with Crippen LogP contribution in [0.5, 0.6) is 0 Å². The molecule has 3 nitrogen and oxygen atoms in total. The third-order valence-corrected chi connectivity index (χ3v) is 11.9. The summed E-state index contributed by atoms with van der Waals surface area (Å²) in [6.45, 7) is 6.74. The zero-order chi connectivity index (χ0) is 40.7. The number of hydrogen-bond acceptors (Lipinski definition) is 3. The monoisotopic (exact) mass is 911 g/mol. The molecule has 0 fully saturated rings. The van der Waals surface area contributed by atoms with Crippen LogP contribution < -0.4 is 5.19 Å². The van der Waals surface area contributed by atoms with E-state index < -0.39 is 20.8 Å². The van der Waals surface area contributed by atoms with Gasteiger partial charge in [0.2, 0.25) is 0 Å². The molecule has 1 radical (unpaired) electrons. The molecule has 0 aliphatic carbocycles. The first-order chi connectivity index (χ1) is 27.8. The van der Waals surface area contributed by atoms with Crippen molar-refractivity contribution in [2.75, 3.05) is 0 Å². The first kappa shape index (κ1) is 32.9. The van der Waals surface area contributed by atoms with Gasteiger partial charge in [-0.15, -0.1) is 53.6 Å². The summed E-state index contributed by atoms with van der Waals surface area (Å²) in [7, 11) is -1.57. The quantitative estimate of drug-likeness (QED) is 0.123. The van der Waals surface area contributed by atoms with Crippen molar-refractivity contribution in [2.24, 2.45) is 0 Å². The van der Waals surface area contributed by atoms with Crippen LogP contribution in [-0.4, -0.2) is 18.0 Å². The van der Waals surface area contributed by atoms with Crippen LogP contribution in [0.4, 0.5) is 0 Å². The average Bonchev–Trinajstić information content (AvgIpc) is 3.63. The fraction of sp³-hybridized carbons (Fsp3) is 0.120. The van der Waals surface area contributed by atoms with Gasteiger partial charge in [0.1, 0.15) is 5.58 Å². The summed E-state index contributed by atoms with van der Waals surface area (Å²) in [5.41, 5.74) is 9.29. The number of fused-ring (bicyclic) bond motifs is 5. The SMILES string of the molecule is [2H]C(C)(c1ccccc1)c1ccnc(-c2[c-]ccc3c2oc2ccc4ccccc4c23)c1.[2H]C([2H])([2H])c1c[c-]c(-c2cc(-c3ccccc3)c([Si](C)(C)C)cn2)cc1.[Ir]. The van der Waals surface area contributed by atoms with Crippen molar-refractivity contribution in [1.29, 1.82) is 0 Å². The molecule has 6 aromatic carbocycles. The maximum atomic E-state index is 9.05. The predicted octanol–water partition coefficient (Wildman–Crippen LogP) is 12.8. The van der Waals surface area contributed by atoms with Crippen LogP contribution in [0.25, 0.3) is 66.4 Å². The molecule has 0 aliphatic heterocycles. The van der Waals surface area contributed by atoms with Gasteiger partial charge >= 0.3 is 0 Å². The van der Waals surface area contributed by atoms with E-state index in [-0.39, 0.29) is 20.1 Å². The predicted molar refractivity (Wildman–Crippen MR) is 229 cm³/mol. The van der Waals surface area contributed by atoms with Gasteiger partial charge in [-0.1, -0.05) is 147 Å². The van der Waals surface area contributed by atoms with Crippen LogP contribution in [0.15, 0.2) is 162 Å². The third-order valence-electron chi connectivity index (χ3n) is 9.86. The Balaban J connectivity index is 0.000000180. The number of rotatable bonds is 6. The van der Waals surface area contributed by atoms with E-state index in [1.807, 2.05) is 85.9 Å². The second-order valence-corrected chi connectivity index (χ2v) is 19.5. The average molecular weight is 911 g/mol. The molecule has 9 aromatic rings. The molecule has 1 atom stereocenters. The van der Waals surface area contributed by atoms with Crippen LogP contribution in [0.3, 0.4) is 0 Å². The van der Waals surface area contributed by atoms with Crippen LogP contribution in [-0.2, 0) is 20.1 Å². The Kier molecular flexibility index (Phi) is 9.64. The number of aryl methyl sites for hydroxylation is 1. The molecule has 55 heavy (non-hydrogen) atoms. The molecule has 9 rings (SSSR count). The summed E-state index contributed by atoms with van der Waals surface area (Å²) in [5.74, 6) is -0.892. The summed E-state index contributed by atoms with van der Waals surface area (Å²) in [6.07, 6.45) is 3.75. The molecule has 3 aromatic heterocycles. The maximum Gasteiger partial charge on any atom is 0.121 e. The minimum absolute atomic E-state index is 0. The van der Waals surface area contributed by atoms with Crippen LogP contribution in [0.2, 0.25) is 19.6 Å². The topological polar surface area (TPSA) is 38.9 Å². The molecule has 3 heterocycles. The first-order valence-corrected chi connectivity index (χ1v) is 21.6. The van der Waals surface area contributed by atoms with Gasteiger partial charge in [0.05, 0.1) is 13.7 Å². The zero-order valence-corrected chi connectivity index (χ0v) is 34.5. The Bertz CT molecular complexity index is 2890. The van der Waals surface area contributed by atoms with Crippen molar-refractivity contribution in [3.05, 3.63) is 187 Å². The zero-order valence-electron chi connectivity index (χ0n) is 35.1. The Morgan fingerprint density at radius 2 is 1.49 bits per heavy atom. The Morgan fingerprint density at radius 1 is 0.727 bits per heavy atom. The molecule has 0 saturated heterocycles. The first-order valence-electron chi connectivity index (χ1n) is 20.1. The number of benzene rings is 6. The van der Waals surface area contributed by atoms with E-state index in [0.29, 0.717) is 5.56 Å². The van der Waals surface area contributed by atoms with Gasteiger partial charge in [-0.2, -0.15) is 0 Å². The molecule has 273 valence electrons. The fourth-order valence-corrected chi connectivity index (χ4v) is 8.47. The fourth-order valence-electron chi connectivity index (χ4n) is 7.00. The number of hydrogen-bond donors (Lipinski definition) is 0. The van der Waals surface area contributed by atoms with Gasteiger partial charge in [0.25, 0.3) is 0 Å². The molecule has 1 unspecified atom stereocenters. The van der Waals surface area contributed by atoms with Crippen LogP contribution >= 0.6 is 0 Å². The van der Waals surface area contributed by atoms with E-state index in [9.17, 15) is 0 Å². The maximum absolute atomic E-state index is 9.05. The normalized spacial score (nSPS) is 13.7. The number of furan rings is 1.